The zero-order chi connectivity index (χ0) is 15.6. The molecule has 0 aromatic heterocycles. The molecule has 0 saturated carbocycles. The van der Waals surface area contributed by atoms with Crippen molar-refractivity contribution < 1.29 is 9.84 Å². The molecule has 1 aliphatic rings. The van der Waals surface area contributed by atoms with Crippen LogP contribution >= 0.6 is 15.9 Å². The highest BCUT2D eigenvalue weighted by molar-refractivity contribution is 9.10. The molecule has 1 aromatic rings. The SMILES string of the molecule is C=C(c1c(O)ccc(Br)c1OC)N(C)C1CCCN1CC. The minimum absolute atomic E-state index is 0.188. The Hall–Kier alpha value is -1.20. The largest absolute Gasteiger partial charge is 0.507 e. The van der Waals surface area contributed by atoms with E-state index in [0.29, 0.717) is 17.5 Å². The standard InChI is InChI=1S/C16H23BrN2O2/c1-5-19-10-6-7-14(19)18(3)11(2)15-13(20)9-8-12(17)16(15)21-4/h8-9,14,20H,2,5-7,10H2,1,3-4H3. The van der Waals surface area contributed by atoms with Gasteiger partial charge in [0.25, 0.3) is 0 Å². The molecule has 2 rings (SSSR count). The molecule has 116 valence electrons. The van der Waals surface area contributed by atoms with E-state index < -0.39 is 0 Å². The lowest BCUT2D eigenvalue weighted by molar-refractivity contribution is 0.152. The molecule has 1 atom stereocenters. The van der Waals surface area contributed by atoms with Gasteiger partial charge in [-0.15, -0.1) is 0 Å². The van der Waals surface area contributed by atoms with Gasteiger partial charge in [-0.1, -0.05) is 13.5 Å². The monoisotopic (exact) mass is 354 g/mol. The fraction of sp³-hybridized carbons (Fsp3) is 0.500. The average molecular weight is 355 g/mol. The van der Waals surface area contributed by atoms with Gasteiger partial charge < -0.3 is 14.7 Å². The minimum atomic E-state index is 0.188. The van der Waals surface area contributed by atoms with Crippen LogP contribution in [0.5, 0.6) is 11.5 Å². The van der Waals surface area contributed by atoms with Crippen molar-refractivity contribution in [3.63, 3.8) is 0 Å². The molecule has 0 bridgehead atoms. The van der Waals surface area contributed by atoms with Crippen molar-refractivity contribution in [3.05, 3.63) is 28.7 Å². The van der Waals surface area contributed by atoms with Gasteiger partial charge in [-0.25, -0.2) is 0 Å². The number of aromatic hydroxyl groups is 1. The molecular weight excluding hydrogens is 332 g/mol. The van der Waals surface area contributed by atoms with Crippen LogP contribution in [0.4, 0.5) is 0 Å². The fourth-order valence-electron chi connectivity index (χ4n) is 3.00. The molecule has 1 N–H and O–H groups in total. The molecule has 0 radical (unpaired) electrons. The molecular formula is C16H23BrN2O2. The topological polar surface area (TPSA) is 35.9 Å². The average Bonchev–Trinajstić information content (AvgIpc) is 2.96. The summed E-state index contributed by atoms with van der Waals surface area (Å²) in [6.07, 6.45) is 2.63. The Kier molecular flexibility index (Phi) is 5.17. The number of ether oxygens (including phenoxy) is 1. The number of halogens is 1. The van der Waals surface area contributed by atoms with Crippen LogP contribution in [0.1, 0.15) is 25.3 Å². The number of hydrogen-bond acceptors (Lipinski definition) is 4. The summed E-state index contributed by atoms with van der Waals surface area (Å²) in [7, 11) is 3.63. The molecule has 5 heteroatoms. The van der Waals surface area contributed by atoms with Crippen molar-refractivity contribution in [1.29, 1.82) is 0 Å². The first-order valence-corrected chi connectivity index (χ1v) is 8.02. The third-order valence-corrected chi connectivity index (χ3v) is 4.81. The zero-order valence-corrected chi connectivity index (χ0v) is 14.5. The number of phenols is 1. The molecule has 1 heterocycles. The Bertz CT molecular complexity index is 533. The van der Waals surface area contributed by atoms with Crippen molar-refractivity contribution in [2.24, 2.45) is 0 Å². The van der Waals surface area contributed by atoms with E-state index >= 15 is 0 Å². The number of nitrogens with zero attached hydrogens (tertiary/aromatic N) is 2. The summed E-state index contributed by atoms with van der Waals surface area (Å²) in [6.45, 7) is 8.49. The predicted octanol–water partition coefficient (Wildman–Crippen LogP) is 3.51. The minimum Gasteiger partial charge on any atom is -0.507 e. The Morgan fingerprint density at radius 1 is 1.57 bits per heavy atom. The third-order valence-electron chi connectivity index (χ3n) is 4.19. The molecule has 1 aromatic carbocycles. The first-order valence-electron chi connectivity index (χ1n) is 7.22. The quantitative estimate of drug-likeness (QED) is 0.877. The number of benzene rings is 1. The van der Waals surface area contributed by atoms with Crippen LogP contribution in [-0.2, 0) is 0 Å². The van der Waals surface area contributed by atoms with Crippen LogP contribution in [0.2, 0.25) is 0 Å². The van der Waals surface area contributed by atoms with E-state index in [9.17, 15) is 5.11 Å². The number of methoxy groups -OCH3 is 1. The molecule has 4 nitrogen and oxygen atoms in total. The van der Waals surface area contributed by atoms with Gasteiger partial charge in [-0.3, -0.25) is 4.90 Å². The van der Waals surface area contributed by atoms with Gasteiger partial charge in [0.05, 0.1) is 23.3 Å². The lowest BCUT2D eigenvalue weighted by Crippen LogP contribution is -2.41. The predicted molar refractivity (Wildman–Crippen MR) is 89.4 cm³/mol. The van der Waals surface area contributed by atoms with Crippen LogP contribution in [0.15, 0.2) is 23.2 Å². The van der Waals surface area contributed by atoms with Crippen molar-refractivity contribution in [1.82, 2.24) is 9.80 Å². The van der Waals surface area contributed by atoms with Crippen LogP contribution in [0.25, 0.3) is 5.70 Å². The molecule has 0 spiro atoms. The van der Waals surface area contributed by atoms with E-state index in [0.717, 1.165) is 29.7 Å². The Morgan fingerprint density at radius 3 is 2.90 bits per heavy atom. The second kappa shape index (κ2) is 6.71. The highest BCUT2D eigenvalue weighted by Crippen LogP contribution is 2.41. The van der Waals surface area contributed by atoms with E-state index in [1.54, 1.807) is 19.2 Å². The van der Waals surface area contributed by atoms with E-state index in [-0.39, 0.29) is 5.75 Å². The highest BCUT2D eigenvalue weighted by atomic mass is 79.9. The summed E-state index contributed by atoms with van der Waals surface area (Å²) in [4.78, 5) is 4.56. The normalized spacial score (nSPS) is 18.8. The number of rotatable bonds is 5. The summed E-state index contributed by atoms with van der Waals surface area (Å²) >= 11 is 3.46. The van der Waals surface area contributed by atoms with Crippen LogP contribution in [-0.4, -0.2) is 48.3 Å². The van der Waals surface area contributed by atoms with Crippen molar-refractivity contribution >= 4 is 21.6 Å². The lowest BCUT2D eigenvalue weighted by Gasteiger charge is -2.35. The molecule has 21 heavy (non-hydrogen) atoms. The fourth-order valence-corrected chi connectivity index (χ4v) is 3.49. The summed E-state index contributed by atoms with van der Waals surface area (Å²) < 4.78 is 6.25. The maximum atomic E-state index is 10.2. The van der Waals surface area contributed by atoms with Gasteiger partial charge in [0.1, 0.15) is 11.5 Å². The molecule has 1 saturated heterocycles. The second-order valence-electron chi connectivity index (χ2n) is 5.28. The first kappa shape index (κ1) is 16.2. The maximum Gasteiger partial charge on any atom is 0.146 e. The second-order valence-corrected chi connectivity index (χ2v) is 6.14. The number of likely N-dealkylation sites (tertiary alicyclic amines) is 1. The molecule has 0 amide bonds. The van der Waals surface area contributed by atoms with Crippen molar-refractivity contribution in [2.45, 2.75) is 25.9 Å². The number of hydrogen-bond donors (Lipinski definition) is 1. The lowest BCUT2D eigenvalue weighted by atomic mass is 10.1. The third kappa shape index (κ3) is 3.04. The van der Waals surface area contributed by atoms with E-state index in [1.165, 1.54) is 6.42 Å². The van der Waals surface area contributed by atoms with Gasteiger partial charge >= 0.3 is 0 Å². The summed E-state index contributed by atoms with van der Waals surface area (Å²) in [5.41, 5.74) is 1.42. The van der Waals surface area contributed by atoms with E-state index in [2.05, 4.69) is 39.2 Å². The molecule has 1 fully saturated rings. The Balaban J connectivity index is 2.34. The molecule has 0 aliphatic carbocycles. The Labute approximate surface area is 135 Å². The van der Waals surface area contributed by atoms with E-state index in [4.69, 9.17) is 4.74 Å². The zero-order valence-electron chi connectivity index (χ0n) is 12.9. The van der Waals surface area contributed by atoms with Crippen molar-refractivity contribution in [3.8, 4) is 11.5 Å². The summed E-state index contributed by atoms with van der Waals surface area (Å²) in [5.74, 6) is 0.806. The first-order chi connectivity index (χ1) is 10.0. The maximum absolute atomic E-state index is 10.2. The van der Waals surface area contributed by atoms with Gasteiger partial charge in [0.15, 0.2) is 0 Å². The van der Waals surface area contributed by atoms with Crippen molar-refractivity contribution in [2.75, 3.05) is 27.2 Å². The van der Waals surface area contributed by atoms with Gasteiger partial charge in [0.2, 0.25) is 0 Å². The van der Waals surface area contributed by atoms with Crippen LogP contribution < -0.4 is 4.74 Å². The number of phenolic OH excluding ortho intramolecular Hbond substituents is 1. The summed E-state index contributed by atoms with van der Waals surface area (Å²) in [5, 5.41) is 10.2. The van der Waals surface area contributed by atoms with Gasteiger partial charge in [-0.2, -0.15) is 0 Å². The highest BCUT2D eigenvalue weighted by Gasteiger charge is 2.29. The smallest absolute Gasteiger partial charge is 0.146 e. The summed E-state index contributed by atoms with van der Waals surface area (Å²) in [6, 6.07) is 3.44. The molecule has 1 aliphatic heterocycles. The van der Waals surface area contributed by atoms with Gasteiger partial charge in [-0.05, 0) is 47.4 Å². The molecule has 1 unspecified atom stereocenters. The van der Waals surface area contributed by atoms with Gasteiger partial charge in [0, 0.05) is 19.3 Å². The van der Waals surface area contributed by atoms with E-state index in [1.807, 2.05) is 7.05 Å². The van der Waals surface area contributed by atoms with Crippen LogP contribution in [0.3, 0.4) is 0 Å². The Morgan fingerprint density at radius 2 is 2.29 bits per heavy atom. The van der Waals surface area contributed by atoms with Crippen LogP contribution in [0, 0.1) is 0 Å².